The van der Waals surface area contributed by atoms with Crippen molar-refractivity contribution in [3.8, 4) is 0 Å². The molecule has 0 radical (unpaired) electrons. The molecule has 98 valence electrons. The quantitative estimate of drug-likeness (QED) is 0.848. The lowest BCUT2D eigenvalue weighted by atomic mass is 10.1. The fraction of sp³-hybridized carbons (Fsp3) is 0.583. The van der Waals surface area contributed by atoms with Gasteiger partial charge >= 0.3 is 0 Å². The number of hydrogen-bond acceptors (Lipinski definition) is 5. The average molecular weight is 249 g/mol. The molecule has 0 amide bonds. The van der Waals surface area contributed by atoms with Crippen LogP contribution in [0.4, 0.5) is 5.82 Å². The Kier molecular flexibility index (Phi) is 3.47. The summed E-state index contributed by atoms with van der Waals surface area (Å²) >= 11 is 0. The van der Waals surface area contributed by atoms with Gasteiger partial charge in [0.2, 0.25) is 0 Å². The molecule has 0 saturated heterocycles. The van der Waals surface area contributed by atoms with E-state index < -0.39 is 0 Å². The first-order chi connectivity index (χ1) is 8.54. The highest BCUT2D eigenvalue weighted by Crippen LogP contribution is 2.23. The summed E-state index contributed by atoms with van der Waals surface area (Å²) in [6.07, 6.45) is 1.51. The molecule has 2 aromatic heterocycles. The molecule has 2 aromatic rings. The van der Waals surface area contributed by atoms with Crippen LogP contribution in [0.5, 0.6) is 0 Å². The molecule has 0 bridgehead atoms. The van der Waals surface area contributed by atoms with Crippen LogP contribution in [0.2, 0.25) is 0 Å². The van der Waals surface area contributed by atoms with E-state index in [1.54, 1.807) is 4.68 Å². The van der Waals surface area contributed by atoms with Gasteiger partial charge in [0, 0.05) is 7.05 Å². The van der Waals surface area contributed by atoms with Crippen LogP contribution < -0.4 is 5.32 Å². The van der Waals surface area contributed by atoms with E-state index in [-0.39, 0.29) is 12.6 Å². The molecule has 0 aliphatic heterocycles. The number of hydrogen-bond donors (Lipinski definition) is 2. The highest BCUT2D eigenvalue weighted by Gasteiger charge is 2.17. The zero-order chi connectivity index (χ0) is 13.3. The lowest BCUT2D eigenvalue weighted by Crippen LogP contribution is -2.30. The first kappa shape index (κ1) is 12.8. The van der Waals surface area contributed by atoms with Crippen LogP contribution in [-0.4, -0.2) is 37.5 Å². The van der Waals surface area contributed by atoms with E-state index in [2.05, 4.69) is 34.2 Å². The maximum Gasteiger partial charge on any atom is 0.163 e. The van der Waals surface area contributed by atoms with Crippen LogP contribution in [0, 0.1) is 12.8 Å². The van der Waals surface area contributed by atoms with E-state index in [9.17, 15) is 5.11 Å². The van der Waals surface area contributed by atoms with Crippen LogP contribution in [-0.2, 0) is 7.05 Å². The Labute approximate surface area is 106 Å². The third-order valence-electron chi connectivity index (χ3n) is 3.12. The molecule has 0 saturated carbocycles. The van der Waals surface area contributed by atoms with E-state index in [0.717, 1.165) is 22.5 Å². The molecule has 6 nitrogen and oxygen atoms in total. The van der Waals surface area contributed by atoms with Gasteiger partial charge in [-0.2, -0.15) is 5.10 Å². The molecule has 2 heterocycles. The van der Waals surface area contributed by atoms with Crippen molar-refractivity contribution in [2.24, 2.45) is 13.0 Å². The van der Waals surface area contributed by atoms with Crippen molar-refractivity contribution in [2.45, 2.75) is 26.8 Å². The minimum atomic E-state index is -0.0253. The molecule has 0 aliphatic rings. The number of rotatable bonds is 4. The normalized spacial score (nSPS) is 13.2. The summed E-state index contributed by atoms with van der Waals surface area (Å²) in [5.41, 5.74) is 1.68. The van der Waals surface area contributed by atoms with Crippen LogP contribution in [0.15, 0.2) is 6.33 Å². The zero-order valence-electron chi connectivity index (χ0n) is 11.2. The van der Waals surface area contributed by atoms with Gasteiger partial charge in [-0.1, -0.05) is 13.8 Å². The molecule has 0 spiro atoms. The summed E-state index contributed by atoms with van der Waals surface area (Å²) in [5.74, 6) is 1.05. The Morgan fingerprint density at radius 2 is 2.11 bits per heavy atom. The van der Waals surface area contributed by atoms with Crippen molar-refractivity contribution >= 4 is 16.9 Å². The smallest absolute Gasteiger partial charge is 0.163 e. The Bertz CT molecular complexity index is 549. The van der Waals surface area contributed by atoms with Crippen LogP contribution in [0.3, 0.4) is 0 Å². The van der Waals surface area contributed by atoms with Crippen molar-refractivity contribution in [1.29, 1.82) is 0 Å². The summed E-state index contributed by atoms with van der Waals surface area (Å²) < 4.78 is 1.74. The molecule has 2 N–H and O–H groups in total. The number of fused-ring (bicyclic) bond motifs is 1. The predicted octanol–water partition coefficient (Wildman–Crippen LogP) is 1.10. The van der Waals surface area contributed by atoms with Crippen molar-refractivity contribution in [3.05, 3.63) is 12.0 Å². The molecule has 2 rings (SSSR count). The second kappa shape index (κ2) is 4.89. The Morgan fingerprint density at radius 3 is 2.72 bits per heavy atom. The Balaban J connectivity index is 2.45. The highest BCUT2D eigenvalue weighted by molar-refractivity contribution is 5.89. The SMILES string of the molecule is Cc1nn(C)c2ncnc(N[C@H](CO)C(C)C)c12. The topological polar surface area (TPSA) is 75.9 Å². The number of nitrogens with one attached hydrogen (secondary N) is 1. The number of aliphatic hydroxyl groups excluding tert-OH is 1. The number of anilines is 1. The lowest BCUT2D eigenvalue weighted by molar-refractivity contribution is 0.249. The third kappa shape index (κ3) is 2.15. The summed E-state index contributed by atoms with van der Waals surface area (Å²) in [5, 5.41) is 17.9. The van der Waals surface area contributed by atoms with Gasteiger partial charge in [-0.05, 0) is 12.8 Å². The van der Waals surface area contributed by atoms with Crippen LogP contribution in [0.25, 0.3) is 11.0 Å². The van der Waals surface area contributed by atoms with Gasteiger partial charge in [0.25, 0.3) is 0 Å². The number of aromatic nitrogens is 4. The maximum atomic E-state index is 9.38. The van der Waals surface area contributed by atoms with Gasteiger partial charge in [-0.25, -0.2) is 9.97 Å². The zero-order valence-corrected chi connectivity index (χ0v) is 11.2. The van der Waals surface area contributed by atoms with Gasteiger partial charge in [-0.3, -0.25) is 4.68 Å². The number of aliphatic hydroxyl groups is 1. The lowest BCUT2D eigenvalue weighted by Gasteiger charge is -2.20. The van der Waals surface area contributed by atoms with Crippen molar-refractivity contribution < 1.29 is 5.11 Å². The second-order valence-corrected chi connectivity index (χ2v) is 4.81. The van der Waals surface area contributed by atoms with E-state index >= 15 is 0 Å². The fourth-order valence-electron chi connectivity index (χ4n) is 1.99. The van der Waals surface area contributed by atoms with Crippen LogP contribution in [0.1, 0.15) is 19.5 Å². The number of aryl methyl sites for hydroxylation is 2. The summed E-state index contributed by atoms with van der Waals surface area (Å²) in [4.78, 5) is 8.49. The van der Waals surface area contributed by atoms with E-state index in [4.69, 9.17) is 0 Å². The van der Waals surface area contributed by atoms with Gasteiger partial charge in [0.05, 0.1) is 23.7 Å². The van der Waals surface area contributed by atoms with Crippen LogP contribution >= 0.6 is 0 Å². The molecule has 6 heteroatoms. The fourth-order valence-corrected chi connectivity index (χ4v) is 1.99. The first-order valence-electron chi connectivity index (χ1n) is 6.06. The Hall–Kier alpha value is -1.69. The monoisotopic (exact) mass is 249 g/mol. The van der Waals surface area contributed by atoms with Gasteiger partial charge in [0.1, 0.15) is 12.1 Å². The molecule has 0 unspecified atom stereocenters. The van der Waals surface area contributed by atoms with Gasteiger partial charge in [-0.15, -0.1) is 0 Å². The molecular formula is C12H19N5O. The van der Waals surface area contributed by atoms with Gasteiger partial charge < -0.3 is 10.4 Å². The highest BCUT2D eigenvalue weighted by atomic mass is 16.3. The summed E-state index contributed by atoms with van der Waals surface area (Å²) in [6.45, 7) is 6.12. The average Bonchev–Trinajstić information content (AvgIpc) is 2.62. The van der Waals surface area contributed by atoms with E-state index in [1.165, 1.54) is 6.33 Å². The molecule has 0 fully saturated rings. The van der Waals surface area contributed by atoms with Crippen molar-refractivity contribution in [2.75, 3.05) is 11.9 Å². The standard InChI is InChI=1S/C12H19N5O/c1-7(2)9(5-18)15-11-10-8(3)16-17(4)12(10)14-6-13-11/h6-7,9,18H,5H2,1-4H3,(H,13,14,15)/t9-/m1/s1. The molecule has 1 atom stereocenters. The molecular weight excluding hydrogens is 230 g/mol. The maximum absolute atomic E-state index is 9.38. The second-order valence-electron chi connectivity index (χ2n) is 4.81. The van der Waals surface area contributed by atoms with Gasteiger partial charge in [0.15, 0.2) is 5.65 Å². The Morgan fingerprint density at radius 1 is 1.39 bits per heavy atom. The summed E-state index contributed by atoms with van der Waals surface area (Å²) in [7, 11) is 1.86. The van der Waals surface area contributed by atoms with Crippen molar-refractivity contribution in [1.82, 2.24) is 19.7 Å². The number of nitrogens with zero attached hydrogens (tertiary/aromatic N) is 4. The minimum absolute atomic E-state index is 0.0253. The van der Waals surface area contributed by atoms with Crippen molar-refractivity contribution in [3.63, 3.8) is 0 Å². The first-order valence-corrected chi connectivity index (χ1v) is 6.06. The van der Waals surface area contributed by atoms with E-state index in [1.807, 2.05) is 14.0 Å². The molecule has 18 heavy (non-hydrogen) atoms. The summed E-state index contributed by atoms with van der Waals surface area (Å²) in [6, 6.07) is -0.0253. The minimum Gasteiger partial charge on any atom is -0.394 e. The molecule has 0 aliphatic carbocycles. The third-order valence-corrected chi connectivity index (χ3v) is 3.12. The van der Waals surface area contributed by atoms with E-state index in [0.29, 0.717) is 5.92 Å². The predicted molar refractivity (Wildman–Crippen MR) is 70.4 cm³/mol. The largest absolute Gasteiger partial charge is 0.394 e. The molecule has 0 aromatic carbocycles.